The lowest BCUT2D eigenvalue weighted by atomic mass is 9.90. The van der Waals surface area contributed by atoms with E-state index in [1.807, 2.05) is 24.3 Å². The summed E-state index contributed by atoms with van der Waals surface area (Å²) >= 11 is 0. The van der Waals surface area contributed by atoms with Crippen LogP contribution in [0.15, 0.2) is 24.3 Å². The largest absolute Gasteiger partial charge is 0.378 e. The molecule has 148 valence electrons. The van der Waals surface area contributed by atoms with E-state index in [9.17, 15) is 9.59 Å². The summed E-state index contributed by atoms with van der Waals surface area (Å²) in [6.45, 7) is 9.59. The summed E-state index contributed by atoms with van der Waals surface area (Å²) in [5.74, 6) is -0.441. The number of piperazine rings is 1. The smallest absolute Gasteiger partial charge is 0.239 e. The summed E-state index contributed by atoms with van der Waals surface area (Å²) < 4.78 is 5.28. The molecule has 7 heteroatoms. The molecule has 0 unspecified atom stereocenters. The van der Waals surface area contributed by atoms with Crippen molar-refractivity contribution in [1.82, 2.24) is 9.80 Å². The van der Waals surface area contributed by atoms with Crippen molar-refractivity contribution in [2.45, 2.75) is 13.8 Å². The molecule has 3 rings (SSSR count). The van der Waals surface area contributed by atoms with Gasteiger partial charge in [-0.1, -0.05) is 0 Å². The Morgan fingerprint density at radius 1 is 0.963 bits per heavy atom. The molecule has 0 saturated carbocycles. The molecule has 2 aliphatic heterocycles. The number of benzene rings is 1. The second kappa shape index (κ2) is 8.27. The molecular weight excluding hydrogens is 344 g/mol. The molecular formula is C20H30N4O3. The monoisotopic (exact) mass is 374 g/mol. The second-order valence-electron chi connectivity index (χ2n) is 7.82. The molecule has 2 heterocycles. The van der Waals surface area contributed by atoms with E-state index in [1.165, 1.54) is 0 Å². The van der Waals surface area contributed by atoms with E-state index >= 15 is 0 Å². The Bertz CT molecular complexity index is 660. The number of likely N-dealkylation sites (N-methyl/N-ethyl adjacent to an activating group) is 1. The standard InChI is InChI=1S/C20H30N4O3/c1-20(2,19(26)24-12-14-27-15-13-24)18(25)21-16-4-6-17(7-5-16)23-10-8-22(3)9-11-23/h4-7H,8-15H2,1-3H3,(H,21,25). The highest BCUT2D eigenvalue weighted by molar-refractivity contribution is 6.09. The van der Waals surface area contributed by atoms with Crippen LogP contribution in [-0.2, 0) is 14.3 Å². The molecule has 0 spiro atoms. The Labute approximate surface area is 161 Å². The van der Waals surface area contributed by atoms with Gasteiger partial charge >= 0.3 is 0 Å². The van der Waals surface area contributed by atoms with Crippen LogP contribution in [0.5, 0.6) is 0 Å². The van der Waals surface area contributed by atoms with Crippen LogP contribution in [-0.4, -0.2) is 81.1 Å². The van der Waals surface area contributed by atoms with Crippen molar-refractivity contribution >= 4 is 23.2 Å². The van der Waals surface area contributed by atoms with Gasteiger partial charge in [-0.05, 0) is 45.2 Å². The van der Waals surface area contributed by atoms with E-state index in [0.29, 0.717) is 32.0 Å². The highest BCUT2D eigenvalue weighted by atomic mass is 16.5. The Morgan fingerprint density at radius 2 is 1.56 bits per heavy atom. The van der Waals surface area contributed by atoms with Crippen molar-refractivity contribution in [2.24, 2.45) is 5.41 Å². The van der Waals surface area contributed by atoms with Gasteiger partial charge in [-0.25, -0.2) is 0 Å². The number of nitrogens with one attached hydrogen (secondary N) is 1. The van der Waals surface area contributed by atoms with Gasteiger partial charge < -0.3 is 24.8 Å². The van der Waals surface area contributed by atoms with E-state index in [4.69, 9.17) is 4.74 Å². The molecule has 1 N–H and O–H groups in total. The van der Waals surface area contributed by atoms with E-state index in [1.54, 1.807) is 18.7 Å². The molecule has 27 heavy (non-hydrogen) atoms. The van der Waals surface area contributed by atoms with Crippen molar-refractivity contribution in [1.29, 1.82) is 0 Å². The lowest BCUT2D eigenvalue weighted by Crippen LogP contribution is -2.51. The summed E-state index contributed by atoms with van der Waals surface area (Å²) in [7, 11) is 2.13. The van der Waals surface area contributed by atoms with Crippen molar-refractivity contribution in [3.8, 4) is 0 Å². The van der Waals surface area contributed by atoms with Crippen LogP contribution < -0.4 is 10.2 Å². The first-order valence-electron chi connectivity index (χ1n) is 9.60. The number of morpholine rings is 1. The van der Waals surface area contributed by atoms with Gasteiger partial charge in [-0.2, -0.15) is 0 Å². The maximum atomic E-state index is 12.7. The van der Waals surface area contributed by atoms with Crippen LogP contribution in [0.1, 0.15) is 13.8 Å². The number of amides is 2. The number of hydrogen-bond donors (Lipinski definition) is 1. The molecule has 2 amide bonds. The molecule has 7 nitrogen and oxygen atoms in total. The zero-order valence-corrected chi connectivity index (χ0v) is 16.5. The minimum atomic E-state index is -1.12. The molecule has 0 aliphatic carbocycles. The highest BCUT2D eigenvalue weighted by Crippen LogP contribution is 2.24. The summed E-state index contributed by atoms with van der Waals surface area (Å²) in [5, 5.41) is 2.89. The Balaban J connectivity index is 1.60. The number of carbonyl (C=O) groups is 2. The van der Waals surface area contributed by atoms with Crippen LogP contribution in [0.25, 0.3) is 0 Å². The maximum Gasteiger partial charge on any atom is 0.239 e. The molecule has 1 aromatic carbocycles. The van der Waals surface area contributed by atoms with Gasteiger partial charge in [0.2, 0.25) is 11.8 Å². The van der Waals surface area contributed by atoms with E-state index in [-0.39, 0.29) is 11.8 Å². The van der Waals surface area contributed by atoms with Gasteiger partial charge in [-0.15, -0.1) is 0 Å². The van der Waals surface area contributed by atoms with Crippen molar-refractivity contribution in [2.75, 3.05) is 69.7 Å². The van der Waals surface area contributed by atoms with E-state index in [2.05, 4.69) is 22.2 Å². The molecule has 2 saturated heterocycles. The molecule has 0 bridgehead atoms. The Kier molecular flexibility index (Phi) is 6.01. The van der Waals surface area contributed by atoms with Crippen molar-refractivity contribution < 1.29 is 14.3 Å². The fourth-order valence-corrected chi connectivity index (χ4v) is 3.37. The molecule has 0 aromatic heterocycles. The number of anilines is 2. The molecule has 2 aliphatic rings. The van der Waals surface area contributed by atoms with E-state index < -0.39 is 5.41 Å². The van der Waals surface area contributed by atoms with Crippen molar-refractivity contribution in [3.05, 3.63) is 24.3 Å². The zero-order valence-electron chi connectivity index (χ0n) is 16.5. The normalized spacial score (nSPS) is 19.1. The molecule has 2 fully saturated rings. The number of carbonyl (C=O) groups excluding carboxylic acids is 2. The lowest BCUT2D eigenvalue weighted by Gasteiger charge is -2.34. The summed E-state index contributed by atoms with van der Waals surface area (Å²) in [6, 6.07) is 7.86. The van der Waals surface area contributed by atoms with Gasteiger partial charge in [-0.3, -0.25) is 9.59 Å². The van der Waals surface area contributed by atoms with Crippen molar-refractivity contribution in [3.63, 3.8) is 0 Å². The Morgan fingerprint density at radius 3 is 2.15 bits per heavy atom. The van der Waals surface area contributed by atoms with Gasteiger partial charge in [0.1, 0.15) is 5.41 Å². The molecule has 1 aromatic rings. The fourth-order valence-electron chi connectivity index (χ4n) is 3.37. The predicted molar refractivity (Wildman–Crippen MR) is 106 cm³/mol. The van der Waals surface area contributed by atoms with Gasteiger partial charge in [0.25, 0.3) is 0 Å². The first-order valence-corrected chi connectivity index (χ1v) is 9.60. The van der Waals surface area contributed by atoms with Crippen LogP contribution in [0.4, 0.5) is 11.4 Å². The van der Waals surface area contributed by atoms with Gasteiger partial charge in [0, 0.05) is 50.6 Å². The van der Waals surface area contributed by atoms with Crippen LogP contribution in [0.3, 0.4) is 0 Å². The minimum absolute atomic E-state index is 0.155. The quantitative estimate of drug-likeness (QED) is 0.804. The third-order valence-corrected chi connectivity index (χ3v) is 5.39. The van der Waals surface area contributed by atoms with Crippen LogP contribution >= 0.6 is 0 Å². The van der Waals surface area contributed by atoms with E-state index in [0.717, 1.165) is 31.9 Å². The number of rotatable bonds is 4. The summed E-state index contributed by atoms with van der Waals surface area (Å²) in [5.41, 5.74) is 0.749. The van der Waals surface area contributed by atoms with Crippen LogP contribution in [0.2, 0.25) is 0 Å². The minimum Gasteiger partial charge on any atom is -0.378 e. The first-order chi connectivity index (χ1) is 12.9. The topological polar surface area (TPSA) is 65.1 Å². The average molecular weight is 374 g/mol. The predicted octanol–water partition coefficient (Wildman–Crippen LogP) is 1.26. The number of nitrogens with zero attached hydrogens (tertiary/aromatic N) is 3. The zero-order chi connectivity index (χ0) is 19.4. The third kappa shape index (κ3) is 4.59. The maximum absolute atomic E-state index is 12.7. The fraction of sp³-hybridized carbons (Fsp3) is 0.600. The lowest BCUT2D eigenvalue weighted by molar-refractivity contribution is -0.149. The SMILES string of the molecule is CN1CCN(c2ccc(NC(=O)C(C)(C)C(=O)N3CCOCC3)cc2)CC1. The van der Waals surface area contributed by atoms with Gasteiger partial charge in [0.05, 0.1) is 13.2 Å². The number of ether oxygens (including phenoxy) is 1. The van der Waals surface area contributed by atoms with Crippen LogP contribution in [0, 0.1) is 5.41 Å². The first kappa shape index (κ1) is 19.6. The second-order valence-corrected chi connectivity index (χ2v) is 7.82. The molecule has 0 radical (unpaired) electrons. The molecule has 0 atom stereocenters. The van der Waals surface area contributed by atoms with Gasteiger partial charge in [0.15, 0.2) is 0 Å². The third-order valence-electron chi connectivity index (χ3n) is 5.39. The number of hydrogen-bond acceptors (Lipinski definition) is 5. The Hall–Kier alpha value is -2.12. The summed E-state index contributed by atoms with van der Waals surface area (Å²) in [4.78, 5) is 31.8. The average Bonchev–Trinajstić information content (AvgIpc) is 2.69. The highest BCUT2D eigenvalue weighted by Gasteiger charge is 2.39. The summed E-state index contributed by atoms with van der Waals surface area (Å²) in [6.07, 6.45) is 0.